The number of allylic oxidation sites excluding steroid dienone is 1. The highest BCUT2D eigenvalue weighted by Crippen LogP contribution is 2.26. The fourth-order valence-electron chi connectivity index (χ4n) is 1.85. The summed E-state index contributed by atoms with van der Waals surface area (Å²) < 4.78 is 0. The molecule has 3 rings (SSSR count). The van der Waals surface area contributed by atoms with E-state index in [1.165, 1.54) is 6.08 Å². The van der Waals surface area contributed by atoms with Gasteiger partial charge in [-0.15, -0.1) is 11.3 Å². The second-order valence-electron chi connectivity index (χ2n) is 4.48. The van der Waals surface area contributed by atoms with E-state index in [-0.39, 0.29) is 5.78 Å². The smallest absolute Gasteiger partial charge is 0.185 e. The number of carbonyl (C=O) groups excluding carboxylic acids is 1. The monoisotopic (exact) mass is 322 g/mol. The molecule has 2 heterocycles. The fraction of sp³-hybridized carbons (Fsp3) is 0. The van der Waals surface area contributed by atoms with Gasteiger partial charge in [-0.05, 0) is 47.9 Å². The number of aromatic nitrogens is 1. The van der Waals surface area contributed by atoms with Gasteiger partial charge in [0, 0.05) is 21.9 Å². The van der Waals surface area contributed by atoms with Crippen molar-refractivity contribution in [2.75, 3.05) is 0 Å². The zero-order valence-electron chi connectivity index (χ0n) is 11.4. The fourth-order valence-corrected chi connectivity index (χ4v) is 3.35. The minimum atomic E-state index is -0.102. The summed E-state index contributed by atoms with van der Waals surface area (Å²) in [5.41, 5.74) is 2.98. The molecule has 0 aliphatic rings. The highest BCUT2D eigenvalue weighted by molar-refractivity contribution is 7.14. The Morgan fingerprint density at radius 3 is 2.68 bits per heavy atom. The molecule has 0 fully saturated rings. The lowest BCUT2D eigenvalue weighted by atomic mass is 10.1. The summed E-state index contributed by atoms with van der Waals surface area (Å²) in [6.07, 6.45) is 3.22. The molecule has 106 valence electrons. The summed E-state index contributed by atoms with van der Waals surface area (Å²) in [4.78, 5) is 16.5. The number of nitrogens with zero attached hydrogens (tertiary/aromatic N) is 2. The lowest BCUT2D eigenvalue weighted by Gasteiger charge is -1.95. The van der Waals surface area contributed by atoms with Gasteiger partial charge in [-0.1, -0.05) is 0 Å². The van der Waals surface area contributed by atoms with Crippen LogP contribution in [0.15, 0.2) is 52.5 Å². The Hall–Kier alpha value is -2.55. The summed E-state index contributed by atoms with van der Waals surface area (Å²) in [5.74, 6) is -0.102. The first-order chi connectivity index (χ1) is 10.8. The Kier molecular flexibility index (Phi) is 4.24. The molecule has 3 nitrogen and oxygen atoms in total. The average Bonchev–Trinajstić information content (AvgIpc) is 3.23. The van der Waals surface area contributed by atoms with Crippen LogP contribution in [0, 0.1) is 11.3 Å². The van der Waals surface area contributed by atoms with Crippen molar-refractivity contribution >= 4 is 34.5 Å². The lowest BCUT2D eigenvalue weighted by molar-refractivity contribution is 0.104. The zero-order chi connectivity index (χ0) is 15.4. The molecular weight excluding hydrogens is 312 g/mol. The first kappa shape index (κ1) is 14.4. The van der Waals surface area contributed by atoms with E-state index in [4.69, 9.17) is 5.26 Å². The molecule has 0 aliphatic carbocycles. The Morgan fingerprint density at radius 1 is 1.18 bits per heavy atom. The molecule has 0 saturated carbocycles. The normalized spacial score (nSPS) is 10.7. The summed E-state index contributed by atoms with van der Waals surface area (Å²) >= 11 is 3.19. The van der Waals surface area contributed by atoms with Gasteiger partial charge in [-0.2, -0.15) is 16.6 Å². The molecule has 2 aromatic heterocycles. The predicted octanol–water partition coefficient (Wildman–Crippen LogP) is 4.64. The van der Waals surface area contributed by atoms with Crippen LogP contribution in [0.3, 0.4) is 0 Å². The molecule has 0 aliphatic heterocycles. The minimum absolute atomic E-state index is 0.102. The van der Waals surface area contributed by atoms with E-state index in [0.29, 0.717) is 11.1 Å². The molecule has 5 heteroatoms. The number of rotatable bonds is 4. The van der Waals surface area contributed by atoms with E-state index in [2.05, 4.69) is 4.98 Å². The lowest BCUT2D eigenvalue weighted by Crippen LogP contribution is -1.93. The molecule has 0 unspecified atom stereocenters. The highest BCUT2D eigenvalue weighted by atomic mass is 32.1. The molecule has 0 bridgehead atoms. The minimum Gasteiger partial charge on any atom is -0.289 e. The Labute approximate surface area is 135 Å². The summed E-state index contributed by atoms with van der Waals surface area (Å²) in [6, 6.07) is 10.6. The molecule has 1 aromatic carbocycles. The van der Waals surface area contributed by atoms with Crippen LogP contribution >= 0.6 is 22.7 Å². The van der Waals surface area contributed by atoms with Crippen LogP contribution in [0.25, 0.3) is 16.6 Å². The van der Waals surface area contributed by atoms with Crippen LogP contribution in [0.5, 0.6) is 0 Å². The number of ketones is 1. The van der Waals surface area contributed by atoms with E-state index < -0.39 is 0 Å². The summed E-state index contributed by atoms with van der Waals surface area (Å²) in [6.45, 7) is 0. The Bertz CT molecular complexity index is 853. The van der Waals surface area contributed by atoms with Crippen LogP contribution in [-0.2, 0) is 0 Å². The quantitative estimate of drug-likeness (QED) is 0.519. The van der Waals surface area contributed by atoms with Crippen molar-refractivity contribution in [3.05, 3.63) is 69.4 Å². The summed E-state index contributed by atoms with van der Waals surface area (Å²) in [5, 5.41) is 15.7. The number of hydrogen-bond donors (Lipinski definition) is 0. The van der Waals surface area contributed by atoms with Gasteiger partial charge in [0.2, 0.25) is 0 Å². The number of carbonyl (C=O) groups is 1. The molecule has 0 atom stereocenters. The second-order valence-corrected chi connectivity index (χ2v) is 6.11. The second kappa shape index (κ2) is 6.48. The molecule has 0 spiro atoms. The van der Waals surface area contributed by atoms with Gasteiger partial charge in [-0.25, -0.2) is 4.98 Å². The molecule has 0 saturated heterocycles. The van der Waals surface area contributed by atoms with Crippen molar-refractivity contribution in [3.8, 4) is 16.6 Å². The largest absolute Gasteiger partial charge is 0.289 e. The van der Waals surface area contributed by atoms with Gasteiger partial charge >= 0.3 is 0 Å². The van der Waals surface area contributed by atoms with Crippen molar-refractivity contribution in [2.24, 2.45) is 0 Å². The third-order valence-corrected chi connectivity index (χ3v) is 4.59. The Morgan fingerprint density at radius 2 is 2.00 bits per heavy atom. The zero-order valence-corrected chi connectivity index (χ0v) is 13.0. The van der Waals surface area contributed by atoms with E-state index in [0.717, 1.165) is 16.3 Å². The highest BCUT2D eigenvalue weighted by Gasteiger charge is 2.05. The molecular formula is C17H10N2OS2. The van der Waals surface area contributed by atoms with Crippen molar-refractivity contribution in [3.63, 3.8) is 0 Å². The van der Waals surface area contributed by atoms with Gasteiger partial charge in [0.05, 0.1) is 17.3 Å². The number of thiophene rings is 1. The summed E-state index contributed by atoms with van der Waals surface area (Å²) in [7, 11) is 0. The standard InChI is InChI=1S/C17H10N2OS2/c18-9-12-1-3-13(4-2-12)16(20)6-5-15-11-22-17(19-15)14-7-8-21-10-14/h1-8,10-11H/b6-5+. The van der Waals surface area contributed by atoms with Crippen LogP contribution in [0.2, 0.25) is 0 Å². The van der Waals surface area contributed by atoms with Gasteiger partial charge in [0.1, 0.15) is 5.01 Å². The van der Waals surface area contributed by atoms with E-state index >= 15 is 0 Å². The third-order valence-electron chi connectivity index (χ3n) is 2.99. The SMILES string of the molecule is N#Cc1ccc(C(=O)/C=C/c2csc(-c3ccsc3)n2)cc1. The van der Waals surface area contributed by atoms with Gasteiger partial charge in [0.15, 0.2) is 5.78 Å². The molecule has 0 amide bonds. The van der Waals surface area contributed by atoms with Crippen molar-refractivity contribution < 1.29 is 4.79 Å². The van der Waals surface area contributed by atoms with E-state index in [9.17, 15) is 4.79 Å². The van der Waals surface area contributed by atoms with Gasteiger partial charge < -0.3 is 0 Å². The number of benzene rings is 1. The van der Waals surface area contributed by atoms with E-state index in [1.807, 2.05) is 28.3 Å². The third kappa shape index (κ3) is 3.19. The van der Waals surface area contributed by atoms with Crippen molar-refractivity contribution in [2.45, 2.75) is 0 Å². The number of hydrogen-bond acceptors (Lipinski definition) is 5. The molecule has 3 aromatic rings. The van der Waals surface area contributed by atoms with Crippen molar-refractivity contribution in [1.29, 1.82) is 5.26 Å². The van der Waals surface area contributed by atoms with Gasteiger partial charge in [0.25, 0.3) is 0 Å². The molecule has 0 N–H and O–H groups in total. The maximum absolute atomic E-state index is 12.1. The maximum atomic E-state index is 12.1. The maximum Gasteiger partial charge on any atom is 0.185 e. The van der Waals surface area contributed by atoms with Gasteiger partial charge in [-0.3, -0.25) is 4.79 Å². The first-order valence-corrected chi connectivity index (χ1v) is 8.29. The topological polar surface area (TPSA) is 53.8 Å². The Balaban J connectivity index is 1.73. The van der Waals surface area contributed by atoms with Crippen molar-refractivity contribution in [1.82, 2.24) is 4.98 Å². The van der Waals surface area contributed by atoms with Crippen LogP contribution in [-0.4, -0.2) is 10.8 Å². The van der Waals surface area contributed by atoms with Crippen LogP contribution in [0.4, 0.5) is 0 Å². The van der Waals surface area contributed by atoms with Crippen LogP contribution < -0.4 is 0 Å². The predicted molar refractivity (Wildman–Crippen MR) is 89.9 cm³/mol. The van der Waals surface area contributed by atoms with E-state index in [1.54, 1.807) is 53.0 Å². The number of thiazole rings is 1. The average molecular weight is 322 g/mol. The number of nitriles is 1. The molecule has 22 heavy (non-hydrogen) atoms. The van der Waals surface area contributed by atoms with Crippen LogP contribution in [0.1, 0.15) is 21.6 Å². The molecule has 0 radical (unpaired) electrons. The first-order valence-electron chi connectivity index (χ1n) is 6.47.